The van der Waals surface area contributed by atoms with Crippen LogP contribution in [-0.2, 0) is 0 Å². The van der Waals surface area contributed by atoms with Crippen LogP contribution in [0.3, 0.4) is 0 Å². The van der Waals surface area contributed by atoms with Crippen LogP contribution in [0.15, 0.2) is 47.8 Å². The SMILES string of the molecule is Cc1ccc(NC(=S)N/N=C\c2cccnc2)c(C)c1. The summed E-state index contributed by atoms with van der Waals surface area (Å²) in [6.45, 7) is 4.10. The number of nitrogens with one attached hydrogen (secondary N) is 2. The molecule has 0 fully saturated rings. The average molecular weight is 284 g/mol. The van der Waals surface area contributed by atoms with Crippen LogP contribution >= 0.6 is 12.2 Å². The summed E-state index contributed by atoms with van der Waals surface area (Å²) >= 11 is 5.19. The van der Waals surface area contributed by atoms with E-state index in [1.807, 2.05) is 31.2 Å². The molecule has 0 atom stereocenters. The van der Waals surface area contributed by atoms with Crippen molar-refractivity contribution >= 4 is 29.2 Å². The number of hydrazone groups is 1. The molecule has 0 saturated heterocycles. The summed E-state index contributed by atoms with van der Waals surface area (Å²) < 4.78 is 0. The molecule has 1 aromatic carbocycles. The van der Waals surface area contributed by atoms with E-state index in [2.05, 4.69) is 33.8 Å². The minimum absolute atomic E-state index is 0.456. The highest BCUT2D eigenvalue weighted by atomic mass is 32.1. The van der Waals surface area contributed by atoms with Gasteiger partial charge in [-0.15, -0.1) is 0 Å². The van der Waals surface area contributed by atoms with Crippen molar-refractivity contribution in [2.24, 2.45) is 5.10 Å². The Morgan fingerprint density at radius 1 is 1.30 bits per heavy atom. The fourth-order valence-electron chi connectivity index (χ4n) is 1.72. The fourth-order valence-corrected chi connectivity index (χ4v) is 1.88. The minimum Gasteiger partial charge on any atom is -0.331 e. The molecule has 2 aromatic rings. The molecule has 0 saturated carbocycles. The van der Waals surface area contributed by atoms with E-state index in [4.69, 9.17) is 12.2 Å². The maximum absolute atomic E-state index is 5.19. The number of hydrogen-bond acceptors (Lipinski definition) is 3. The summed E-state index contributed by atoms with van der Waals surface area (Å²) in [6.07, 6.45) is 5.12. The highest BCUT2D eigenvalue weighted by Crippen LogP contribution is 2.15. The third-order valence-corrected chi connectivity index (χ3v) is 2.89. The van der Waals surface area contributed by atoms with Gasteiger partial charge in [0.05, 0.1) is 6.21 Å². The monoisotopic (exact) mass is 284 g/mol. The zero-order chi connectivity index (χ0) is 14.4. The van der Waals surface area contributed by atoms with Gasteiger partial charge in [-0.05, 0) is 43.8 Å². The maximum atomic E-state index is 5.19. The van der Waals surface area contributed by atoms with Gasteiger partial charge in [0.1, 0.15) is 0 Å². The Bertz CT molecular complexity index is 623. The number of pyridine rings is 1. The van der Waals surface area contributed by atoms with E-state index in [0.717, 1.165) is 16.8 Å². The zero-order valence-electron chi connectivity index (χ0n) is 11.4. The fraction of sp³-hybridized carbons (Fsp3) is 0.133. The number of hydrogen-bond donors (Lipinski definition) is 2. The highest BCUT2D eigenvalue weighted by molar-refractivity contribution is 7.80. The molecule has 0 aliphatic carbocycles. The molecule has 1 aromatic heterocycles. The van der Waals surface area contributed by atoms with E-state index < -0.39 is 0 Å². The number of aryl methyl sites for hydroxylation is 2. The Morgan fingerprint density at radius 3 is 2.85 bits per heavy atom. The normalized spacial score (nSPS) is 10.5. The largest absolute Gasteiger partial charge is 0.331 e. The quantitative estimate of drug-likeness (QED) is 0.517. The van der Waals surface area contributed by atoms with Gasteiger partial charge in [-0.25, -0.2) is 0 Å². The molecule has 5 heteroatoms. The van der Waals surface area contributed by atoms with Crippen molar-refractivity contribution in [1.29, 1.82) is 0 Å². The summed E-state index contributed by atoms with van der Waals surface area (Å²) in [4.78, 5) is 4.00. The van der Waals surface area contributed by atoms with Crippen LogP contribution in [0.25, 0.3) is 0 Å². The first kappa shape index (κ1) is 14.1. The van der Waals surface area contributed by atoms with Crippen molar-refractivity contribution in [3.05, 3.63) is 59.4 Å². The molecule has 0 aliphatic rings. The third-order valence-electron chi connectivity index (χ3n) is 2.69. The first-order chi connectivity index (χ1) is 9.65. The van der Waals surface area contributed by atoms with E-state index in [1.165, 1.54) is 5.56 Å². The number of benzene rings is 1. The lowest BCUT2D eigenvalue weighted by molar-refractivity contribution is 1.05. The lowest BCUT2D eigenvalue weighted by atomic mass is 10.1. The van der Waals surface area contributed by atoms with E-state index in [-0.39, 0.29) is 0 Å². The topological polar surface area (TPSA) is 49.3 Å². The standard InChI is InChI=1S/C15H16N4S/c1-11-5-6-14(12(2)8-11)18-15(20)19-17-10-13-4-3-7-16-9-13/h3-10H,1-2H3,(H2,18,19,20)/b17-10-. The summed E-state index contributed by atoms with van der Waals surface area (Å²) in [6, 6.07) is 9.91. The van der Waals surface area contributed by atoms with Gasteiger partial charge in [0.15, 0.2) is 5.11 Å². The van der Waals surface area contributed by atoms with Crippen molar-refractivity contribution in [1.82, 2.24) is 10.4 Å². The molecule has 1 heterocycles. The number of aromatic nitrogens is 1. The summed E-state index contributed by atoms with van der Waals surface area (Å²) in [5.41, 5.74) is 7.04. The summed E-state index contributed by atoms with van der Waals surface area (Å²) in [5, 5.41) is 7.64. The van der Waals surface area contributed by atoms with Crippen LogP contribution in [-0.4, -0.2) is 16.3 Å². The summed E-state index contributed by atoms with van der Waals surface area (Å²) in [5.74, 6) is 0. The van der Waals surface area contributed by atoms with Crippen LogP contribution in [0.4, 0.5) is 5.69 Å². The van der Waals surface area contributed by atoms with Gasteiger partial charge in [0, 0.05) is 23.6 Å². The molecule has 0 bridgehead atoms. The molecule has 0 radical (unpaired) electrons. The highest BCUT2D eigenvalue weighted by Gasteiger charge is 2.00. The summed E-state index contributed by atoms with van der Waals surface area (Å²) in [7, 11) is 0. The van der Waals surface area contributed by atoms with Gasteiger partial charge >= 0.3 is 0 Å². The van der Waals surface area contributed by atoms with Gasteiger partial charge in [0.2, 0.25) is 0 Å². The third kappa shape index (κ3) is 4.13. The number of nitrogens with zero attached hydrogens (tertiary/aromatic N) is 2. The molecule has 0 amide bonds. The smallest absolute Gasteiger partial charge is 0.191 e. The molecular formula is C15H16N4S. The van der Waals surface area contributed by atoms with E-state index in [9.17, 15) is 0 Å². The molecule has 102 valence electrons. The molecule has 2 N–H and O–H groups in total. The second-order valence-electron chi connectivity index (χ2n) is 4.43. The number of anilines is 1. The minimum atomic E-state index is 0.456. The van der Waals surface area contributed by atoms with Crippen molar-refractivity contribution < 1.29 is 0 Å². The Balaban J connectivity index is 1.91. The van der Waals surface area contributed by atoms with Crippen LogP contribution in [0.1, 0.15) is 16.7 Å². The Kier molecular flexibility index (Phi) is 4.79. The molecule has 0 aliphatic heterocycles. The number of thiocarbonyl (C=S) groups is 1. The Labute approximate surface area is 123 Å². The predicted molar refractivity (Wildman–Crippen MR) is 87.1 cm³/mol. The number of rotatable bonds is 3. The van der Waals surface area contributed by atoms with Crippen LogP contribution in [0.5, 0.6) is 0 Å². The molecular weight excluding hydrogens is 268 g/mol. The molecule has 4 nitrogen and oxygen atoms in total. The second kappa shape index (κ2) is 6.77. The Hall–Kier alpha value is -2.27. The lowest BCUT2D eigenvalue weighted by Crippen LogP contribution is -2.24. The van der Waals surface area contributed by atoms with Crippen LogP contribution in [0.2, 0.25) is 0 Å². The molecule has 0 unspecified atom stereocenters. The van der Waals surface area contributed by atoms with Crippen LogP contribution in [0, 0.1) is 13.8 Å². The maximum Gasteiger partial charge on any atom is 0.191 e. The first-order valence-corrected chi connectivity index (χ1v) is 6.63. The zero-order valence-corrected chi connectivity index (χ0v) is 12.2. The van der Waals surface area contributed by atoms with E-state index >= 15 is 0 Å². The van der Waals surface area contributed by atoms with Crippen LogP contribution < -0.4 is 10.7 Å². The van der Waals surface area contributed by atoms with Gasteiger partial charge in [-0.1, -0.05) is 23.8 Å². The molecule has 20 heavy (non-hydrogen) atoms. The van der Waals surface area contributed by atoms with Crippen molar-refractivity contribution in [3.8, 4) is 0 Å². The van der Waals surface area contributed by atoms with Crippen molar-refractivity contribution in [2.45, 2.75) is 13.8 Å². The van der Waals surface area contributed by atoms with Crippen molar-refractivity contribution in [2.75, 3.05) is 5.32 Å². The van der Waals surface area contributed by atoms with Gasteiger partial charge in [-0.2, -0.15) is 5.10 Å². The average Bonchev–Trinajstić information content (AvgIpc) is 2.43. The van der Waals surface area contributed by atoms with Gasteiger partial charge < -0.3 is 5.32 Å². The van der Waals surface area contributed by atoms with Crippen molar-refractivity contribution in [3.63, 3.8) is 0 Å². The Morgan fingerprint density at radius 2 is 2.15 bits per heavy atom. The van der Waals surface area contributed by atoms with Gasteiger partial charge in [-0.3, -0.25) is 10.4 Å². The predicted octanol–water partition coefficient (Wildman–Crippen LogP) is 3.02. The first-order valence-electron chi connectivity index (χ1n) is 6.22. The molecule has 2 rings (SSSR count). The molecule has 0 spiro atoms. The van der Waals surface area contributed by atoms with E-state index in [1.54, 1.807) is 18.6 Å². The second-order valence-corrected chi connectivity index (χ2v) is 4.84. The van der Waals surface area contributed by atoms with E-state index in [0.29, 0.717) is 5.11 Å². The lowest BCUT2D eigenvalue weighted by Gasteiger charge is -2.10. The van der Waals surface area contributed by atoms with Gasteiger partial charge in [0.25, 0.3) is 0 Å².